The van der Waals surface area contributed by atoms with Crippen molar-refractivity contribution in [2.24, 2.45) is 5.92 Å². The van der Waals surface area contributed by atoms with Gasteiger partial charge in [0, 0.05) is 6.92 Å². The van der Waals surface area contributed by atoms with Crippen molar-refractivity contribution in [3.05, 3.63) is 35.9 Å². The van der Waals surface area contributed by atoms with Crippen molar-refractivity contribution in [3.63, 3.8) is 0 Å². The quantitative estimate of drug-likeness (QED) is 0.443. The molecule has 0 spiro atoms. The van der Waals surface area contributed by atoms with Crippen molar-refractivity contribution in [3.8, 4) is 0 Å². The van der Waals surface area contributed by atoms with Gasteiger partial charge in [-0.1, -0.05) is 55.9 Å². The molecule has 0 aliphatic carbocycles. The van der Waals surface area contributed by atoms with Crippen LogP contribution < -0.4 is 10.6 Å². The van der Waals surface area contributed by atoms with Crippen LogP contribution in [0.3, 0.4) is 0 Å². The van der Waals surface area contributed by atoms with Gasteiger partial charge in [-0.3, -0.25) is 14.4 Å². The maximum absolute atomic E-state index is 13.0. The van der Waals surface area contributed by atoms with Crippen LogP contribution in [0.4, 0.5) is 0 Å². The minimum atomic E-state index is -1.34. The zero-order valence-electron chi connectivity index (χ0n) is 20.5. The number of benzene rings is 1. The smallest absolute Gasteiger partial charge is 0.331 e. The van der Waals surface area contributed by atoms with Crippen LogP contribution in [0.5, 0.6) is 0 Å². The molecule has 0 aliphatic heterocycles. The largest absolute Gasteiger partial charge is 0.464 e. The molecule has 8 nitrogen and oxygen atoms in total. The van der Waals surface area contributed by atoms with Gasteiger partial charge in [-0.15, -0.1) is 0 Å². The molecule has 0 unspecified atom stereocenters. The third kappa shape index (κ3) is 9.55. The third-order valence-corrected chi connectivity index (χ3v) is 6.16. The fraction of sp³-hybridized carbons (Fsp3) is 0.583. The molecule has 0 aliphatic rings. The summed E-state index contributed by atoms with van der Waals surface area (Å²) < 4.78 is 10.9. The van der Waals surface area contributed by atoms with Crippen LogP contribution in [-0.2, 0) is 35.3 Å². The maximum Gasteiger partial charge on any atom is 0.331 e. The minimum absolute atomic E-state index is 0.114. The molecule has 0 fully saturated rings. The summed E-state index contributed by atoms with van der Waals surface area (Å²) in [5, 5.41) is 4.55. The molecule has 9 heteroatoms. The molecule has 0 saturated carbocycles. The average molecular weight is 481 g/mol. The standard InChI is InChI=1S/C24H36N2O6S/c1-8-31-22(29)19(16(4)32-14-18-12-10-9-11-13-18)25-23(30)24(6,7)26-21(28)20(15(2)3)33-17(5)27/h9-13,15-16,19-20H,8,14H2,1-7H3,(H,25,30)(H,26,28)/t16-,19+,20+/m1/s1. The second-order valence-corrected chi connectivity index (χ2v) is 9.91. The number of thioether (sulfide) groups is 1. The minimum Gasteiger partial charge on any atom is -0.464 e. The molecule has 0 heterocycles. The van der Waals surface area contributed by atoms with Gasteiger partial charge in [0.1, 0.15) is 5.54 Å². The van der Waals surface area contributed by atoms with Crippen molar-refractivity contribution < 1.29 is 28.7 Å². The number of esters is 1. The zero-order valence-corrected chi connectivity index (χ0v) is 21.3. The highest BCUT2D eigenvalue weighted by Gasteiger charge is 2.38. The van der Waals surface area contributed by atoms with Crippen molar-refractivity contribution in [1.82, 2.24) is 10.6 Å². The van der Waals surface area contributed by atoms with Crippen LogP contribution >= 0.6 is 11.8 Å². The van der Waals surface area contributed by atoms with Crippen LogP contribution in [0.1, 0.15) is 54.0 Å². The van der Waals surface area contributed by atoms with Gasteiger partial charge in [0.15, 0.2) is 11.2 Å². The first kappa shape index (κ1) is 28.6. The number of hydrogen-bond acceptors (Lipinski definition) is 7. The normalized spacial score (nSPS) is 14.2. The van der Waals surface area contributed by atoms with E-state index in [1.165, 1.54) is 20.8 Å². The lowest BCUT2D eigenvalue weighted by Gasteiger charge is -2.31. The topological polar surface area (TPSA) is 111 Å². The summed E-state index contributed by atoms with van der Waals surface area (Å²) in [6.45, 7) is 11.9. The van der Waals surface area contributed by atoms with E-state index in [9.17, 15) is 19.2 Å². The predicted molar refractivity (Wildman–Crippen MR) is 128 cm³/mol. The highest BCUT2D eigenvalue weighted by Crippen LogP contribution is 2.21. The Kier molecular flexibility index (Phi) is 11.6. The summed E-state index contributed by atoms with van der Waals surface area (Å²) in [5.41, 5.74) is -0.417. The van der Waals surface area contributed by atoms with Gasteiger partial charge < -0.3 is 20.1 Å². The number of carbonyl (C=O) groups excluding carboxylic acids is 4. The molecule has 1 aromatic rings. The zero-order chi connectivity index (χ0) is 25.2. The van der Waals surface area contributed by atoms with E-state index >= 15 is 0 Å². The van der Waals surface area contributed by atoms with E-state index in [0.717, 1.165) is 17.3 Å². The third-order valence-electron chi connectivity index (χ3n) is 4.81. The summed E-state index contributed by atoms with van der Waals surface area (Å²) in [7, 11) is 0. The molecule has 33 heavy (non-hydrogen) atoms. The molecular weight excluding hydrogens is 444 g/mol. The van der Waals surface area contributed by atoms with Gasteiger partial charge in [0.2, 0.25) is 11.8 Å². The first-order chi connectivity index (χ1) is 15.4. The van der Waals surface area contributed by atoms with Crippen LogP contribution in [0.15, 0.2) is 30.3 Å². The molecule has 0 saturated heterocycles. The molecule has 3 atom stereocenters. The van der Waals surface area contributed by atoms with Crippen LogP contribution in [-0.4, -0.2) is 52.4 Å². The SMILES string of the molecule is CCOC(=O)[C@@H](NC(=O)C(C)(C)NC(=O)[C@@H](SC(C)=O)C(C)C)[C@@H](C)OCc1ccccc1. The van der Waals surface area contributed by atoms with E-state index in [-0.39, 0.29) is 24.2 Å². The lowest BCUT2D eigenvalue weighted by molar-refractivity contribution is -0.153. The van der Waals surface area contributed by atoms with E-state index in [4.69, 9.17) is 9.47 Å². The lowest BCUT2D eigenvalue weighted by atomic mass is 10.0. The number of rotatable bonds is 12. The van der Waals surface area contributed by atoms with Gasteiger partial charge in [-0.2, -0.15) is 0 Å². The Labute approximate surface area is 200 Å². The summed E-state index contributed by atoms with van der Waals surface area (Å²) in [6, 6.07) is 8.39. The second-order valence-electron chi connectivity index (χ2n) is 8.59. The van der Waals surface area contributed by atoms with E-state index in [2.05, 4.69) is 10.6 Å². The van der Waals surface area contributed by atoms with E-state index in [1.54, 1.807) is 13.8 Å². The highest BCUT2D eigenvalue weighted by molar-refractivity contribution is 8.14. The summed E-state index contributed by atoms with van der Waals surface area (Å²) in [4.78, 5) is 49.9. The van der Waals surface area contributed by atoms with E-state index in [0.29, 0.717) is 0 Å². The first-order valence-corrected chi connectivity index (χ1v) is 11.9. The number of ether oxygens (including phenoxy) is 2. The molecule has 0 aromatic heterocycles. The second kappa shape index (κ2) is 13.3. The number of carbonyl (C=O) groups is 4. The van der Waals surface area contributed by atoms with Gasteiger partial charge in [-0.05, 0) is 39.2 Å². The van der Waals surface area contributed by atoms with Crippen molar-refractivity contribution in [2.75, 3.05) is 6.61 Å². The highest BCUT2D eigenvalue weighted by atomic mass is 32.2. The molecule has 1 aromatic carbocycles. The van der Waals surface area contributed by atoms with Gasteiger partial charge in [-0.25, -0.2) is 4.79 Å². The Morgan fingerprint density at radius 1 is 1.06 bits per heavy atom. The van der Waals surface area contributed by atoms with Crippen LogP contribution in [0.25, 0.3) is 0 Å². The van der Waals surface area contributed by atoms with Gasteiger partial charge in [0.05, 0.1) is 24.6 Å². The van der Waals surface area contributed by atoms with E-state index < -0.39 is 40.7 Å². The Morgan fingerprint density at radius 3 is 2.18 bits per heavy atom. The average Bonchev–Trinajstić information content (AvgIpc) is 2.74. The Balaban J connectivity index is 2.91. The molecule has 2 N–H and O–H groups in total. The van der Waals surface area contributed by atoms with Crippen LogP contribution in [0, 0.1) is 5.92 Å². The van der Waals surface area contributed by atoms with Gasteiger partial charge >= 0.3 is 5.97 Å². The predicted octanol–water partition coefficient (Wildman–Crippen LogP) is 2.84. The summed E-state index contributed by atoms with van der Waals surface area (Å²) in [6.07, 6.45) is -0.684. The van der Waals surface area contributed by atoms with Gasteiger partial charge in [0.25, 0.3) is 0 Å². The fourth-order valence-corrected chi connectivity index (χ4v) is 3.72. The number of amides is 2. The Bertz CT molecular complexity index is 812. The first-order valence-electron chi connectivity index (χ1n) is 11.0. The molecule has 2 amide bonds. The Morgan fingerprint density at radius 2 is 1.67 bits per heavy atom. The maximum atomic E-state index is 13.0. The number of nitrogens with one attached hydrogen (secondary N) is 2. The van der Waals surface area contributed by atoms with Crippen molar-refractivity contribution in [1.29, 1.82) is 0 Å². The Hall–Kier alpha value is -2.39. The van der Waals surface area contributed by atoms with Crippen LogP contribution in [0.2, 0.25) is 0 Å². The molecule has 1 rings (SSSR count). The van der Waals surface area contributed by atoms with Crippen molar-refractivity contribution in [2.45, 2.75) is 78.0 Å². The van der Waals surface area contributed by atoms with Crippen molar-refractivity contribution >= 4 is 34.7 Å². The number of hydrogen-bond donors (Lipinski definition) is 2. The molecule has 184 valence electrons. The molecule has 0 bridgehead atoms. The molecular formula is C24H36N2O6S. The summed E-state index contributed by atoms with van der Waals surface area (Å²) >= 11 is 0.926. The fourth-order valence-electron chi connectivity index (χ4n) is 2.93. The van der Waals surface area contributed by atoms with E-state index in [1.807, 2.05) is 44.2 Å². The monoisotopic (exact) mass is 480 g/mol. The molecule has 0 radical (unpaired) electrons. The lowest BCUT2D eigenvalue weighted by Crippen LogP contribution is -2.61. The summed E-state index contributed by atoms with van der Waals surface area (Å²) in [5.74, 6) is -1.73.